The molecule has 1 N–H and O–H groups in total. The molecule has 0 unspecified atom stereocenters. The van der Waals surface area contributed by atoms with Gasteiger partial charge in [0.2, 0.25) is 0 Å². The maximum absolute atomic E-state index is 11.1. The average Bonchev–Trinajstić information content (AvgIpc) is 2.50. The summed E-state index contributed by atoms with van der Waals surface area (Å²) in [4.78, 5) is 11.1. The van der Waals surface area contributed by atoms with Crippen LogP contribution in [0.15, 0.2) is 29.1 Å². The lowest BCUT2D eigenvalue weighted by Crippen LogP contribution is -2.13. The summed E-state index contributed by atoms with van der Waals surface area (Å²) in [6.45, 7) is 2.02. The molecule has 0 aliphatic heterocycles. The molecule has 1 heterocycles. The Morgan fingerprint density at radius 2 is 1.93 bits per heavy atom. The first kappa shape index (κ1) is 8.74. The third-order valence-corrected chi connectivity index (χ3v) is 2.19. The molecule has 0 spiro atoms. The molecule has 0 radical (unpaired) electrons. The molecule has 1 aromatic heterocycles. The lowest BCUT2D eigenvalue weighted by Gasteiger charge is -1.99. The van der Waals surface area contributed by atoms with Crippen LogP contribution in [0.25, 0.3) is 11.4 Å². The van der Waals surface area contributed by atoms with E-state index >= 15 is 0 Å². The maximum atomic E-state index is 11.1. The van der Waals surface area contributed by atoms with Gasteiger partial charge in [-0.15, -0.1) is 0 Å². The summed E-state index contributed by atoms with van der Waals surface area (Å²) in [5, 5.41) is 6.35. The van der Waals surface area contributed by atoms with E-state index in [0.717, 1.165) is 5.56 Å². The molecule has 0 bridgehead atoms. The van der Waals surface area contributed by atoms with Crippen molar-refractivity contribution in [3.63, 3.8) is 0 Å². The Morgan fingerprint density at radius 3 is 2.43 bits per heavy atom. The van der Waals surface area contributed by atoms with Gasteiger partial charge in [-0.25, -0.2) is 9.89 Å². The number of hydrogen-bond acceptors (Lipinski definition) is 2. The van der Waals surface area contributed by atoms with Crippen LogP contribution in [0.2, 0.25) is 0 Å². The van der Waals surface area contributed by atoms with Crippen LogP contribution in [0, 0.1) is 6.92 Å². The average molecular weight is 189 g/mol. The third kappa shape index (κ3) is 1.35. The van der Waals surface area contributed by atoms with Gasteiger partial charge in [0.1, 0.15) is 0 Å². The topological polar surface area (TPSA) is 50.7 Å². The maximum Gasteiger partial charge on any atom is 0.343 e. The van der Waals surface area contributed by atoms with Gasteiger partial charge in [-0.05, 0) is 6.92 Å². The zero-order chi connectivity index (χ0) is 10.1. The normalized spacial score (nSPS) is 10.4. The fourth-order valence-corrected chi connectivity index (χ4v) is 1.31. The number of rotatable bonds is 1. The van der Waals surface area contributed by atoms with Gasteiger partial charge in [-0.1, -0.05) is 29.8 Å². The second kappa shape index (κ2) is 3.14. The Kier molecular flexibility index (Phi) is 1.96. The van der Waals surface area contributed by atoms with Gasteiger partial charge in [0.25, 0.3) is 0 Å². The predicted octanol–water partition coefficient (Wildman–Crippen LogP) is 1.08. The highest BCUT2D eigenvalue weighted by molar-refractivity contribution is 5.55. The van der Waals surface area contributed by atoms with Crippen LogP contribution in [0.3, 0.4) is 0 Å². The largest absolute Gasteiger partial charge is 0.343 e. The molecular formula is C10H11N3O. The van der Waals surface area contributed by atoms with Gasteiger partial charge >= 0.3 is 5.69 Å². The molecule has 0 amide bonds. The van der Waals surface area contributed by atoms with E-state index in [2.05, 4.69) is 10.2 Å². The van der Waals surface area contributed by atoms with Crippen LogP contribution in [-0.4, -0.2) is 14.8 Å². The summed E-state index contributed by atoms with van der Waals surface area (Å²) in [6.07, 6.45) is 0. The molecule has 4 nitrogen and oxygen atoms in total. The molecule has 2 aromatic rings. The van der Waals surface area contributed by atoms with E-state index in [-0.39, 0.29) is 5.69 Å². The van der Waals surface area contributed by atoms with E-state index in [9.17, 15) is 4.79 Å². The first-order chi connectivity index (χ1) is 6.68. The van der Waals surface area contributed by atoms with Crippen molar-refractivity contribution in [2.75, 3.05) is 0 Å². The first-order valence-corrected chi connectivity index (χ1v) is 4.37. The SMILES string of the molecule is Cc1ccc(-c2n[nH]c(=O)n2C)cc1. The summed E-state index contributed by atoms with van der Waals surface area (Å²) >= 11 is 0. The molecule has 0 saturated carbocycles. The van der Waals surface area contributed by atoms with Gasteiger partial charge in [-0.3, -0.25) is 4.57 Å². The Bertz CT molecular complexity index is 493. The van der Waals surface area contributed by atoms with Crippen LogP contribution in [0.4, 0.5) is 0 Å². The lowest BCUT2D eigenvalue weighted by atomic mass is 10.1. The third-order valence-electron chi connectivity index (χ3n) is 2.19. The Balaban J connectivity index is 2.55. The van der Waals surface area contributed by atoms with Crippen molar-refractivity contribution in [2.24, 2.45) is 7.05 Å². The summed E-state index contributed by atoms with van der Waals surface area (Å²) in [5.74, 6) is 0.662. The molecule has 2 rings (SSSR count). The molecule has 0 fully saturated rings. The minimum Gasteiger partial charge on any atom is -0.278 e. The molecule has 0 aliphatic rings. The molecule has 14 heavy (non-hydrogen) atoms. The van der Waals surface area contributed by atoms with Crippen molar-refractivity contribution < 1.29 is 0 Å². The number of aromatic amines is 1. The number of hydrogen-bond donors (Lipinski definition) is 1. The number of aryl methyl sites for hydroxylation is 1. The van der Waals surface area contributed by atoms with E-state index in [4.69, 9.17) is 0 Å². The van der Waals surface area contributed by atoms with Crippen molar-refractivity contribution in [1.82, 2.24) is 14.8 Å². The number of nitrogens with zero attached hydrogens (tertiary/aromatic N) is 2. The molecule has 1 aromatic carbocycles. The Morgan fingerprint density at radius 1 is 1.29 bits per heavy atom. The fourth-order valence-electron chi connectivity index (χ4n) is 1.31. The monoisotopic (exact) mass is 189 g/mol. The second-order valence-corrected chi connectivity index (χ2v) is 3.28. The quantitative estimate of drug-likeness (QED) is 0.729. The highest BCUT2D eigenvalue weighted by atomic mass is 16.1. The number of benzene rings is 1. The summed E-state index contributed by atoms with van der Waals surface area (Å²) in [5.41, 5.74) is 1.94. The highest BCUT2D eigenvalue weighted by Gasteiger charge is 2.05. The van der Waals surface area contributed by atoms with Crippen molar-refractivity contribution in [1.29, 1.82) is 0 Å². The first-order valence-electron chi connectivity index (χ1n) is 4.37. The summed E-state index contributed by atoms with van der Waals surface area (Å²) in [6, 6.07) is 7.89. The van der Waals surface area contributed by atoms with E-state index in [1.54, 1.807) is 7.05 Å². The van der Waals surface area contributed by atoms with Crippen LogP contribution >= 0.6 is 0 Å². The van der Waals surface area contributed by atoms with Crippen LogP contribution in [0.5, 0.6) is 0 Å². The van der Waals surface area contributed by atoms with Gasteiger partial charge < -0.3 is 0 Å². The number of aromatic nitrogens is 3. The Hall–Kier alpha value is -1.84. The minimum absolute atomic E-state index is 0.194. The standard InChI is InChI=1S/C10H11N3O/c1-7-3-5-8(6-4-7)9-11-12-10(14)13(9)2/h3-6H,1-2H3,(H,12,14). The van der Waals surface area contributed by atoms with Gasteiger partial charge in [0.15, 0.2) is 5.82 Å². The smallest absolute Gasteiger partial charge is 0.278 e. The van der Waals surface area contributed by atoms with Gasteiger partial charge in [0, 0.05) is 12.6 Å². The summed E-state index contributed by atoms with van der Waals surface area (Å²) < 4.78 is 1.49. The fraction of sp³-hybridized carbons (Fsp3) is 0.200. The molecule has 0 saturated heterocycles. The van der Waals surface area contributed by atoms with Crippen LogP contribution < -0.4 is 5.69 Å². The van der Waals surface area contributed by atoms with E-state index in [0.29, 0.717) is 5.82 Å². The molecule has 72 valence electrons. The van der Waals surface area contributed by atoms with Crippen molar-refractivity contribution >= 4 is 0 Å². The predicted molar refractivity (Wildman–Crippen MR) is 54.0 cm³/mol. The molecular weight excluding hydrogens is 178 g/mol. The lowest BCUT2D eigenvalue weighted by molar-refractivity contribution is 0.869. The van der Waals surface area contributed by atoms with Crippen molar-refractivity contribution in [2.45, 2.75) is 6.92 Å². The number of H-pyrrole nitrogens is 1. The van der Waals surface area contributed by atoms with Gasteiger partial charge in [-0.2, -0.15) is 5.10 Å². The summed E-state index contributed by atoms with van der Waals surface area (Å²) in [7, 11) is 1.70. The number of nitrogens with one attached hydrogen (secondary N) is 1. The molecule has 0 atom stereocenters. The Labute approximate surface area is 81.2 Å². The zero-order valence-electron chi connectivity index (χ0n) is 8.11. The van der Waals surface area contributed by atoms with E-state index in [1.165, 1.54) is 10.1 Å². The second-order valence-electron chi connectivity index (χ2n) is 3.28. The molecule has 0 aliphatic carbocycles. The minimum atomic E-state index is -0.194. The molecule has 4 heteroatoms. The van der Waals surface area contributed by atoms with Crippen molar-refractivity contribution in [3.05, 3.63) is 40.3 Å². The van der Waals surface area contributed by atoms with Crippen LogP contribution in [0.1, 0.15) is 5.56 Å². The van der Waals surface area contributed by atoms with Crippen molar-refractivity contribution in [3.8, 4) is 11.4 Å². The van der Waals surface area contributed by atoms with E-state index < -0.39 is 0 Å². The van der Waals surface area contributed by atoms with E-state index in [1.807, 2.05) is 31.2 Å². The van der Waals surface area contributed by atoms with Gasteiger partial charge in [0.05, 0.1) is 0 Å². The highest BCUT2D eigenvalue weighted by Crippen LogP contribution is 2.14. The van der Waals surface area contributed by atoms with Crippen LogP contribution in [-0.2, 0) is 7.05 Å². The zero-order valence-corrected chi connectivity index (χ0v) is 8.11.